The molecular weight excluding hydrogens is 132 g/mol. The first-order chi connectivity index (χ1) is 4.83. The largest absolute Gasteiger partial charge is 0.462 e. The Kier molecular flexibility index (Phi) is 2.45. The predicted molar refractivity (Wildman–Crippen MR) is 35.2 cm³/mol. The molecule has 0 aromatic rings. The van der Waals surface area contributed by atoms with E-state index in [1.807, 2.05) is 0 Å². The normalized spacial score (nSPS) is 21.8. The van der Waals surface area contributed by atoms with Crippen LogP contribution in [-0.4, -0.2) is 25.3 Å². The molecule has 1 fully saturated rings. The number of carbonyl (C=O) groups is 1. The van der Waals surface area contributed by atoms with E-state index in [-0.39, 0.29) is 12.1 Å². The van der Waals surface area contributed by atoms with Crippen molar-refractivity contribution in [2.75, 3.05) is 13.2 Å². The lowest BCUT2D eigenvalue weighted by atomic mass is 10.4. The second-order valence-corrected chi connectivity index (χ2v) is 1.99. The van der Waals surface area contributed by atoms with Crippen molar-refractivity contribution in [2.24, 2.45) is 0 Å². The Hall–Kier alpha value is -0.830. The minimum atomic E-state index is -0.356. The third kappa shape index (κ3) is 2.64. The molecule has 10 heavy (non-hydrogen) atoms. The van der Waals surface area contributed by atoms with Gasteiger partial charge in [-0.25, -0.2) is 0 Å². The third-order valence-corrected chi connectivity index (χ3v) is 1.07. The lowest BCUT2D eigenvalue weighted by Crippen LogP contribution is -2.08. The second kappa shape index (κ2) is 3.37. The van der Waals surface area contributed by atoms with Crippen LogP contribution < -0.4 is 0 Å². The van der Waals surface area contributed by atoms with Crippen LogP contribution in [0, 0.1) is 6.42 Å². The highest BCUT2D eigenvalue weighted by atomic mass is 16.6. The number of esters is 1. The fraction of sp³-hybridized carbons (Fsp3) is 0.429. The molecule has 0 N–H and O–H groups in total. The summed E-state index contributed by atoms with van der Waals surface area (Å²) in [6.07, 6.45) is 2.82. The van der Waals surface area contributed by atoms with Crippen molar-refractivity contribution in [3.05, 3.63) is 19.1 Å². The van der Waals surface area contributed by atoms with Crippen LogP contribution in [0.2, 0.25) is 0 Å². The van der Waals surface area contributed by atoms with Gasteiger partial charge in [0.1, 0.15) is 12.7 Å². The maximum atomic E-state index is 10.6. The highest BCUT2D eigenvalue weighted by molar-refractivity contribution is 5.81. The van der Waals surface area contributed by atoms with Gasteiger partial charge in [-0.3, -0.25) is 4.79 Å². The van der Waals surface area contributed by atoms with Gasteiger partial charge >= 0.3 is 5.97 Å². The van der Waals surface area contributed by atoms with Crippen LogP contribution in [0.5, 0.6) is 0 Å². The van der Waals surface area contributed by atoms with E-state index in [9.17, 15) is 4.79 Å². The lowest BCUT2D eigenvalue weighted by Gasteiger charge is -1.97. The Bertz CT molecular complexity index is 138. The average Bonchev–Trinajstić information content (AvgIpc) is 2.67. The Morgan fingerprint density at radius 2 is 2.60 bits per heavy atom. The van der Waals surface area contributed by atoms with Gasteiger partial charge in [0.05, 0.1) is 13.0 Å². The van der Waals surface area contributed by atoms with Crippen LogP contribution in [0.25, 0.3) is 0 Å². The van der Waals surface area contributed by atoms with Crippen molar-refractivity contribution in [1.29, 1.82) is 0 Å². The fourth-order valence-corrected chi connectivity index (χ4v) is 0.484. The molecule has 55 valence electrons. The van der Waals surface area contributed by atoms with Gasteiger partial charge in [-0.15, -0.1) is 6.58 Å². The summed E-state index contributed by atoms with van der Waals surface area (Å²) in [6, 6.07) is 0. The number of carbonyl (C=O) groups excluding carboxylic acids is 1. The molecule has 1 atom stereocenters. The SMILES string of the molecule is C=C[CH]C(=O)OCC1CO1. The summed E-state index contributed by atoms with van der Waals surface area (Å²) in [5.74, 6) is -0.356. The van der Waals surface area contributed by atoms with Crippen molar-refractivity contribution in [1.82, 2.24) is 0 Å². The van der Waals surface area contributed by atoms with Crippen LogP contribution in [0.15, 0.2) is 12.7 Å². The summed E-state index contributed by atoms with van der Waals surface area (Å²) in [5, 5.41) is 0. The smallest absolute Gasteiger partial charge is 0.314 e. The summed E-state index contributed by atoms with van der Waals surface area (Å²) >= 11 is 0. The summed E-state index contributed by atoms with van der Waals surface area (Å²) in [4.78, 5) is 10.6. The summed E-state index contributed by atoms with van der Waals surface area (Å²) < 4.78 is 9.54. The van der Waals surface area contributed by atoms with Gasteiger partial charge in [-0.05, 0) is 0 Å². The van der Waals surface area contributed by atoms with Crippen molar-refractivity contribution < 1.29 is 14.3 Å². The van der Waals surface area contributed by atoms with Gasteiger partial charge in [0.15, 0.2) is 0 Å². The van der Waals surface area contributed by atoms with E-state index in [0.717, 1.165) is 0 Å². The summed E-state index contributed by atoms with van der Waals surface area (Å²) in [6.45, 7) is 4.43. The average molecular weight is 141 g/mol. The van der Waals surface area contributed by atoms with E-state index in [1.54, 1.807) is 0 Å². The molecule has 0 aromatic heterocycles. The molecule has 1 heterocycles. The zero-order valence-corrected chi connectivity index (χ0v) is 5.58. The summed E-state index contributed by atoms with van der Waals surface area (Å²) in [7, 11) is 0. The van der Waals surface area contributed by atoms with Crippen LogP contribution in [-0.2, 0) is 14.3 Å². The first kappa shape index (κ1) is 7.28. The van der Waals surface area contributed by atoms with E-state index in [4.69, 9.17) is 9.47 Å². The van der Waals surface area contributed by atoms with Crippen molar-refractivity contribution >= 4 is 5.97 Å². The van der Waals surface area contributed by atoms with Gasteiger partial charge in [0.25, 0.3) is 0 Å². The van der Waals surface area contributed by atoms with Crippen LogP contribution in [0.4, 0.5) is 0 Å². The zero-order valence-electron chi connectivity index (χ0n) is 5.58. The van der Waals surface area contributed by atoms with Crippen LogP contribution >= 0.6 is 0 Å². The Morgan fingerprint density at radius 1 is 1.90 bits per heavy atom. The summed E-state index contributed by atoms with van der Waals surface area (Å²) in [5.41, 5.74) is 0. The quantitative estimate of drug-likeness (QED) is 0.418. The molecule has 3 nitrogen and oxygen atoms in total. The lowest BCUT2D eigenvalue weighted by molar-refractivity contribution is -0.139. The molecule has 0 bridgehead atoms. The number of hydrogen-bond acceptors (Lipinski definition) is 3. The van der Waals surface area contributed by atoms with Crippen molar-refractivity contribution in [3.8, 4) is 0 Å². The number of hydrogen-bond donors (Lipinski definition) is 0. The highest BCUT2D eigenvalue weighted by Crippen LogP contribution is 2.08. The van der Waals surface area contributed by atoms with E-state index in [2.05, 4.69) is 6.58 Å². The van der Waals surface area contributed by atoms with Gasteiger partial charge in [0.2, 0.25) is 0 Å². The molecule has 0 aliphatic carbocycles. The van der Waals surface area contributed by atoms with Gasteiger partial charge in [-0.1, -0.05) is 6.08 Å². The molecule has 1 aliphatic heterocycles. The predicted octanol–water partition coefficient (Wildman–Crippen LogP) is 0.319. The maximum Gasteiger partial charge on any atom is 0.314 e. The second-order valence-electron chi connectivity index (χ2n) is 1.99. The molecule has 0 spiro atoms. The maximum absolute atomic E-state index is 10.6. The molecule has 0 aromatic carbocycles. The van der Waals surface area contributed by atoms with Crippen molar-refractivity contribution in [3.63, 3.8) is 0 Å². The molecule has 1 saturated heterocycles. The Balaban J connectivity index is 1.99. The minimum Gasteiger partial charge on any atom is -0.462 e. The monoisotopic (exact) mass is 141 g/mol. The van der Waals surface area contributed by atoms with Gasteiger partial charge < -0.3 is 9.47 Å². The molecule has 0 amide bonds. The van der Waals surface area contributed by atoms with E-state index < -0.39 is 0 Å². The zero-order chi connectivity index (χ0) is 7.40. The third-order valence-electron chi connectivity index (χ3n) is 1.07. The van der Waals surface area contributed by atoms with Crippen molar-refractivity contribution in [2.45, 2.75) is 6.10 Å². The van der Waals surface area contributed by atoms with Crippen LogP contribution in [0.3, 0.4) is 0 Å². The van der Waals surface area contributed by atoms with Gasteiger partial charge in [0, 0.05) is 0 Å². The molecule has 1 rings (SSSR count). The van der Waals surface area contributed by atoms with Crippen LogP contribution in [0.1, 0.15) is 0 Å². The first-order valence-electron chi connectivity index (χ1n) is 3.07. The Morgan fingerprint density at radius 3 is 3.10 bits per heavy atom. The fourth-order valence-electron chi connectivity index (χ4n) is 0.484. The molecule has 1 radical (unpaired) electrons. The molecule has 1 aliphatic rings. The molecule has 0 saturated carbocycles. The topological polar surface area (TPSA) is 38.8 Å². The van der Waals surface area contributed by atoms with E-state index in [0.29, 0.717) is 13.2 Å². The Labute approximate surface area is 59.6 Å². The minimum absolute atomic E-state index is 0.141. The molecule has 1 unspecified atom stereocenters. The first-order valence-corrected chi connectivity index (χ1v) is 3.07. The number of rotatable bonds is 4. The standard InChI is InChI=1S/C7H9O3/c1-2-3-7(8)10-5-6-4-9-6/h2-3,6H,1,4-5H2. The highest BCUT2D eigenvalue weighted by Gasteiger charge is 2.23. The van der Waals surface area contributed by atoms with Gasteiger partial charge in [-0.2, -0.15) is 0 Å². The van der Waals surface area contributed by atoms with E-state index in [1.165, 1.54) is 12.5 Å². The number of ether oxygens (including phenoxy) is 2. The molecule has 3 heteroatoms. The number of epoxide rings is 1. The molecular formula is C7H9O3. The van der Waals surface area contributed by atoms with E-state index >= 15 is 0 Å².